The van der Waals surface area contributed by atoms with E-state index in [2.05, 4.69) is 14.6 Å². The summed E-state index contributed by atoms with van der Waals surface area (Å²) in [6.07, 6.45) is -1.44. The summed E-state index contributed by atoms with van der Waals surface area (Å²) >= 11 is 0. The molecule has 190 valence electrons. The zero-order valence-electron chi connectivity index (χ0n) is 20.1. The molecule has 0 amide bonds. The Morgan fingerprint density at radius 2 is 1.65 bits per heavy atom. The first-order valence-electron chi connectivity index (χ1n) is 11.4. The highest BCUT2D eigenvalue weighted by Crippen LogP contribution is 2.41. The standard InChI is InChI=1S/C27H22F4N4OS/c1-15(2)25-24(16-4-8-19(28)9-5-16)21-12-17-14-32-34-23(17)13-22(21)26(33-25)35-37(3,36)20-10-6-18(7-11-20)27(29,30)31/h4-15H,1-3H3,(H,32,34). The number of aromatic amines is 1. The summed E-state index contributed by atoms with van der Waals surface area (Å²) in [6.45, 7) is 3.92. The third-order valence-corrected chi connectivity index (χ3v) is 7.80. The van der Waals surface area contributed by atoms with Gasteiger partial charge in [0, 0.05) is 27.5 Å². The van der Waals surface area contributed by atoms with Crippen molar-refractivity contribution in [2.45, 2.75) is 30.8 Å². The molecule has 0 fully saturated rings. The second-order valence-corrected chi connectivity index (χ2v) is 11.4. The topological polar surface area (TPSA) is 71.0 Å². The van der Waals surface area contributed by atoms with Gasteiger partial charge >= 0.3 is 6.18 Å². The summed E-state index contributed by atoms with van der Waals surface area (Å²) in [7, 11) is -3.16. The van der Waals surface area contributed by atoms with Crippen LogP contribution in [0.3, 0.4) is 0 Å². The number of fused-ring (bicyclic) bond motifs is 2. The number of alkyl halides is 3. The molecule has 2 heterocycles. The predicted octanol–water partition coefficient (Wildman–Crippen LogP) is 7.85. The van der Waals surface area contributed by atoms with Crippen LogP contribution in [0.5, 0.6) is 0 Å². The highest BCUT2D eigenvalue weighted by molar-refractivity contribution is 7.93. The van der Waals surface area contributed by atoms with E-state index in [0.717, 1.165) is 34.0 Å². The molecule has 3 aromatic carbocycles. The number of hydrogen-bond acceptors (Lipinski definition) is 4. The van der Waals surface area contributed by atoms with Crippen LogP contribution in [-0.4, -0.2) is 25.6 Å². The Morgan fingerprint density at radius 1 is 0.973 bits per heavy atom. The van der Waals surface area contributed by atoms with Crippen molar-refractivity contribution in [2.75, 3.05) is 6.26 Å². The van der Waals surface area contributed by atoms with Crippen molar-refractivity contribution >= 4 is 37.2 Å². The second-order valence-electron chi connectivity index (χ2n) is 9.13. The lowest BCUT2D eigenvalue weighted by molar-refractivity contribution is -0.137. The summed E-state index contributed by atoms with van der Waals surface area (Å²) in [4.78, 5) is 4.96. The summed E-state index contributed by atoms with van der Waals surface area (Å²) in [5.41, 5.74) is 2.11. The Morgan fingerprint density at radius 3 is 2.27 bits per heavy atom. The van der Waals surface area contributed by atoms with Gasteiger partial charge in [0.2, 0.25) is 0 Å². The normalized spacial score (nSPS) is 13.8. The van der Waals surface area contributed by atoms with Gasteiger partial charge in [0.05, 0.1) is 32.7 Å². The number of benzene rings is 3. The maximum atomic E-state index is 13.7. The molecule has 10 heteroatoms. The van der Waals surface area contributed by atoms with E-state index in [9.17, 15) is 21.8 Å². The first-order valence-corrected chi connectivity index (χ1v) is 13.3. The maximum Gasteiger partial charge on any atom is 0.416 e. The predicted molar refractivity (Wildman–Crippen MR) is 137 cm³/mol. The van der Waals surface area contributed by atoms with Crippen molar-refractivity contribution < 1.29 is 21.8 Å². The molecule has 0 spiro atoms. The number of halogens is 4. The minimum atomic E-state index is -4.50. The fourth-order valence-corrected chi connectivity index (χ4v) is 5.49. The number of nitrogens with zero attached hydrogens (tertiary/aromatic N) is 3. The Bertz CT molecular complexity index is 1750. The zero-order chi connectivity index (χ0) is 26.5. The van der Waals surface area contributed by atoms with Gasteiger partial charge in [-0.1, -0.05) is 26.0 Å². The highest BCUT2D eigenvalue weighted by Gasteiger charge is 2.30. The SMILES string of the molecule is CC(C)c1nc(N=S(C)(=O)c2ccc(C(F)(F)F)cc2)c2cc3[nH]ncc3cc2c1-c1ccc(F)cc1. The van der Waals surface area contributed by atoms with Crippen LogP contribution in [0.25, 0.3) is 32.8 Å². The van der Waals surface area contributed by atoms with E-state index >= 15 is 0 Å². The second kappa shape index (κ2) is 8.95. The number of H-pyrrole nitrogens is 1. The number of pyridine rings is 1. The van der Waals surface area contributed by atoms with Gasteiger partial charge in [-0.15, -0.1) is 0 Å². The third-order valence-electron chi connectivity index (χ3n) is 6.13. The summed E-state index contributed by atoms with van der Waals surface area (Å²) in [6, 6.07) is 14.0. The van der Waals surface area contributed by atoms with Crippen molar-refractivity contribution in [1.82, 2.24) is 15.2 Å². The number of aromatic nitrogens is 3. The molecule has 37 heavy (non-hydrogen) atoms. The Kier molecular flexibility index (Phi) is 6.02. The van der Waals surface area contributed by atoms with Gasteiger partial charge in [-0.2, -0.15) is 22.6 Å². The fraction of sp³-hybridized carbons (Fsp3) is 0.185. The lowest BCUT2D eigenvalue weighted by atomic mass is 9.92. The molecule has 0 aliphatic rings. The smallest absolute Gasteiger partial charge is 0.278 e. The Labute approximate surface area is 210 Å². The monoisotopic (exact) mass is 526 g/mol. The summed E-state index contributed by atoms with van der Waals surface area (Å²) in [5.74, 6) is -0.232. The molecule has 0 aliphatic carbocycles. The molecule has 2 aromatic heterocycles. The quantitative estimate of drug-likeness (QED) is 0.243. The maximum absolute atomic E-state index is 13.7. The van der Waals surface area contributed by atoms with Crippen LogP contribution in [0, 0.1) is 5.82 Å². The minimum absolute atomic E-state index is 0.0718. The van der Waals surface area contributed by atoms with Crippen molar-refractivity contribution in [2.24, 2.45) is 4.36 Å². The molecular weight excluding hydrogens is 504 g/mol. The van der Waals surface area contributed by atoms with Gasteiger partial charge in [-0.3, -0.25) is 5.10 Å². The molecule has 0 bridgehead atoms. The van der Waals surface area contributed by atoms with Crippen LogP contribution in [-0.2, 0) is 15.9 Å². The van der Waals surface area contributed by atoms with Crippen LogP contribution < -0.4 is 0 Å². The molecule has 1 atom stereocenters. The zero-order valence-corrected chi connectivity index (χ0v) is 20.9. The minimum Gasteiger partial charge on any atom is -0.278 e. The van der Waals surface area contributed by atoms with Crippen molar-refractivity contribution in [3.05, 3.63) is 83.9 Å². The van der Waals surface area contributed by atoms with Crippen molar-refractivity contribution in [3.63, 3.8) is 0 Å². The van der Waals surface area contributed by atoms with E-state index in [4.69, 9.17) is 4.98 Å². The average molecular weight is 527 g/mol. The van der Waals surface area contributed by atoms with Crippen molar-refractivity contribution in [3.8, 4) is 11.1 Å². The van der Waals surface area contributed by atoms with Gasteiger partial charge in [-0.25, -0.2) is 13.6 Å². The molecule has 1 unspecified atom stereocenters. The van der Waals surface area contributed by atoms with Crippen LogP contribution in [0.4, 0.5) is 23.4 Å². The highest BCUT2D eigenvalue weighted by atomic mass is 32.2. The molecule has 5 rings (SSSR count). The van der Waals surface area contributed by atoms with E-state index in [1.54, 1.807) is 18.3 Å². The van der Waals surface area contributed by atoms with Gasteiger partial charge < -0.3 is 0 Å². The van der Waals surface area contributed by atoms with E-state index in [1.165, 1.54) is 30.5 Å². The molecule has 5 aromatic rings. The molecule has 0 saturated carbocycles. The van der Waals surface area contributed by atoms with Crippen LogP contribution in [0.1, 0.15) is 31.0 Å². The van der Waals surface area contributed by atoms with Crippen molar-refractivity contribution in [1.29, 1.82) is 0 Å². The first-order chi connectivity index (χ1) is 17.4. The molecule has 5 nitrogen and oxygen atoms in total. The van der Waals surface area contributed by atoms with E-state index in [0.29, 0.717) is 16.6 Å². The number of rotatable bonds is 4. The lowest BCUT2D eigenvalue weighted by Gasteiger charge is -2.18. The Hall–Kier alpha value is -3.79. The first kappa shape index (κ1) is 24.9. The molecule has 0 aliphatic heterocycles. The van der Waals surface area contributed by atoms with Gasteiger partial charge in [0.1, 0.15) is 5.82 Å². The third kappa shape index (κ3) is 4.69. The largest absolute Gasteiger partial charge is 0.416 e. The molecular formula is C27H22F4N4OS. The van der Waals surface area contributed by atoms with Gasteiger partial charge in [-0.05, 0) is 65.4 Å². The van der Waals surface area contributed by atoms with Crippen LogP contribution >= 0.6 is 0 Å². The number of nitrogens with one attached hydrogen (secondary N) is 1. The molecule has 0 saturated heterocycles. The summed E-state index contributed by atoms with van der Waals surface area (Å²) < 4.78 is 71.0. The average Bonchev–Trinajstić information content (AvgIpc) is 3.30. The Balaban J connectivity index is 1.80. The van der Waals surface area contributed by atoms with Gasteiger partial charge in [0.25, 0.3) is 0 Å². The molecule has 1 N–H and O–H groups in total. The lowest BCUT2D eigenvalue weighted by Crippen LogP contribution is -2.06. The summed E-state index contributed by atoms with van der Waals surface area (Å²) in [5, 5.41) is 9.20. The molecule has 0 radical (unpaired) electrons. The van der Waals surface area contributed by atoms with Gasteiger partial charge in [0.15, 0.2) is 5.82 Å². The van der Waals surface area contributed by atoms with E-state index in [-0.39, 0.29) is 22.4 Å². The van der Waals surface area contributed by atoms with Crippen LogP contribution in [0.15, 0.2) is 76.1 Å². The van der Waals surface area contributed by atoms with E-state index < -0.39 is 21.5 Å². The fourth-order valence-electron chi connectivity index (χ4n) is 4.27. The van der Waals surface area contributed by atoms with E-state index in [1.807, 2.05) is 26.0 Å². The number of hydrogen-bond donors (Lipinski definition) is 1. The van der Waals surface area contributed by atoms with Crippen LogP contribution in [0.2, 0.25) is 0 Å².